The molecular formula is C31H37Cl2N3O6S. The molecule has 0 bridgehead atoms. The SMILES string of the molecule is COc1ccc(N(CC(=O)N(Cc2ccc(Cl)c(Cl)c2)C(Cc2ccccc2)C(=O)NC(C)(C)C)S(C)(=O)=O)c(OC)c1. The minimum atomic E-state index is -3.99. The topological polar surface area (TPSA) is 105 Å². The van der Waals surface area contributed by atoms with Gasteiger partial charge < -0.3 is 19.7 Å². The summed E-state index contributed by atoms with van der Waals surface area (Å²) in [7, 11) is -1.12. The molecule has 2 amide bonds. The maximum atomic E-state index is 14.3. The third kappa shape index (κ3) is 9.51. The van der Waals surface area contributed by atoms with Crippen LogP contribution in [0.5, 0.6) is 11.5 Å². The van der Waals surface area contributed by atoms with Crippen molar-refractivity contribution in [2.75, 3.05) is 31.3 Å². The summed E-state index contributed by atoms with van der Waals surface area (Å²) in [6.07, 6.45) is 1.18. The average Bonchev–Trinajstić information content (AvgIpc) is 2.94. The number of hydrogen-bond acceptors (Lipinski definition) is 6. The van der Waals surface area contributed by atoms with Crippen LogP contribution in [0.2, 0.25) is 10.0 Å². The van der Waals surface area contributed by atoms with Crippen LogP contribution in [0.1, 0.15) is 31.9 Å². The van der Waals surface area contributed by atoms with Gasteiger partial charge >= 0.3 is 0 Å². The monoisotopic (exact) mass is 649 g/mol. The van der Waals surface area contributed by atoms with Crippen LogP contribution in [-0.2, 0) is 32.6 Å². The third-order valence-electron chi connectivity index (χ3n) is 6.44. The first kappa shape index (κ1) is 34.0. The molecule has 1 unspecified atom stereocenters. The Morgan fingerprint density at radius 1 is 0.907 bits per heavy atom. The number of amides is 2. The van der Waals surface area contributed by atoms with Gasteiger partial charge in [0.15, 0.2) is 0 Å². The fraction of sp³-hybridized carbons (Fsp3) is 0.355. The maximum Gasteiger partial charge on any atom is 0.244 e. The second kappa shape index (κ2) is 14.3. The van der Waals surface area contributed by atoms with Crippen molar-refractivity contribution in [1.82, 2.24) is 10.2 Å². The molecule has 0 radical (unpaired) electrons. The number of nitrogens with one attached hydrogen (secondary N) is 1. The first-order valence-corrected chi connectivity index (χ1v) is 16.0. The van der Waals surface area contributed by atoms with Gasteiger partial charge in [-0.05, 0) is 56.2 Å². The molecule has 3 rings (SSSR count). The molecule has 9 nitrogen and oxygen atoms in total. The molecule has 0 aromatic heterocycles. The van der Waals surface area contributed by atoms with Crippen molar-refractivity contribution >= 4 is 50.7 Å². The van der Waals surface area contributed by atoms with E-state index < -0.39 is 40.0 Å². The molecule has 1 atom stereocenters. The average molecular weight is 651 g/mol. The Balaban J connectivity index is 2.13. The van der Waals surface area contributed by atoms with E-state index in [9.17, 15) is 18.0 Å². The minimum absolute atomic E-state index is 0.0395. The van der Waals surface area contributed by atoms with Crippen LogP contribution >= 0.6 is 23.2 Å². The lowest BCUT2D eigenvalue weighted by Crippen LogP contribution is -2.56. The Morgan fingerprint density at radius 3 is 2.14 bits per heavy atom. The first-order chi connectivity index (χ1) is 20.1. The van der Waals surface area contributed by atoms with Crippen molar-refractivity contribution in [3.63, 3.8) is 0 Å². The van der Waals surface area contributed by atoms with Crippen LogP contribution < -0.4 is 19.1 Å². The van der Waals surface area contributed by atoms with E-state index >= 15 is 0 Å². The van der Waals surface area contributed by atoms with Gasteiger partial charge in [0.05, 0.1) is 36.2 Å². The summed E-state index contributed by atoms with van der Waals surface area (Å²) in [6, 6.07) is 17.8. The zero-order chi connectivity index (χ0) is 31.9. The number of anilines is 1. The fourth-order valence-corrected chi connectivity index (χ4v) is 5.60. The molecule has 0 saturated heterocycles. The number of carbonyl (C=O) groups excluding carboxylic acids is 2. The molecule has 0 heterocycles. The van der Waals surface area contributed by atoms with Gasteiger partial charge in [-0.1, -0.05) is 59.6 Å². The number of halogens is 2. The van der Waals surface area contributed by atoms with Gasteiger partial charge in [-0.2, -0.15) is 0 Å². The number of nitrogens with zero attached hydrogens (tertiary/aromatic N) is 2. The van der Waals surface area contributed by atoms with Crippen molar-refractivity contribution in [2.45, 2.75) is 45.3 Å². The molecule has 232 valence electrons. The van der Waals surface area contributed by atoms with Gasteiger partial charge in [-0.15, -0.1) is 0 Å². The van der Waals surface area contributed by atoms with Crippen molar-refractivity contribution in [3.8, 4) is 11.5 Å². The Labute approximate surface area is 263 Å². The van der Waals surface area contributed by atoms with Crippen molar-refractivity contribution < 1.29 is 27.5 Å². The van der Waals surface area contributed by atoms with E-state index in [1.807, 2.05) is 51.1 Å². The lowest BCUT2D eigenvalue weighted by molar-refractivity contribution is -0.140. The Morgan fingerprint density at radius 2 is 1.58 bits per heavy atom. The van der Waals surface area contributed by atoms with E-state index in [4.69, 9.17) is 32.7 Å². The van der Waals surface area contributed by atoms with E-state index in [0.717, 1.165) is 16.1 Å². The molecule has 0 saturated carbocycles. The Bertz CT molecular complexity index is 1540. The standard InChI is InChI=1S/C31H37Cl2N3O6S/c1-31(2,3)34-30(38)27(17-21-10-8-7-9-11-21)35(19-22-12-14-24(32)25(33)16-22)29(37)20-36(43(6,39)40)26-15-13-23(41-4)18-28(26)42-5/h7-16,18,27H,17,19-20H2,1-6H3,(H,34,38). The van der Waals surface area contributed by atoms with E-state index in [1.54, 1.807) is 24.3 Å². The van der Waals surface area contributed by atoms with E-state index in [1.165, 1.54) is 31.3 Å². The molecule has 0 spiro atoms. The van der Waals surface area contributed by atoms with Crippen LogP contribution in [0.4, 0.5) is 5.69 Å². The van der Waals surface area contributed by atoms with Gasteiger partial charge in [-0.3, -0.25) is 13.9 Å². The van der Waals surface area contributed by atoms with Gasteiger partial charge in [-0.25, -0.2) is 8.42 Å². The van der Waals surface area contributed by atoms with E-state index in [2.05, 4.69) is 5.32 Å². The normalized spacial score (nSPS) is 12.3. The highest BCUT2D eigenvalue weighted by Gasteiger charge is 2.35. The van der Waals surface area contributed by atoms with Gasteiger partial charge in [0.25, 0.3) is 0 Å². The summed E-state index contributed by atoms with van der Waals surface area (Å²) in [6.45, 7) is 4.89. The van der Waals surface area contributed by atoms with Crippen LogP contribution in [-0.4, -0.2) is 63.7 Å². The summed E-state index contributed by atoms with van der Waals surface area (Å²) >= 11 is 12.4. The van der Waals surface area contributed by atoms with Gasteiger partial charge in [0.2, 0.25) is 21.8 Å². The highest BCUT2D eigenvalue weighted by Crippen LogP contribution is 2.34. The Kier molecular flexibility index (Phi) is 11.3. The molecule has 43 heavy (non-hydrogen) atoms. The minimum Gasteiger partial charge on any atom is -0.497 e. The smallest absolute Gasteiger partial charge is 0.244 e. The second-order valence-electron chi connectivity index (χ2n) is 11.0. The number of benzene rings is 3. The molecule has 0 aliphatic rings. The molecule has 3 aromatic carbocycles. The summed E-state index contributed by atoms with van der Waals surface area (Å²) in [4.78, 5) is 29.5. The quantitative estimate of drug-likeness (QED) is 0.284. The molecule has 0 aliphatic heterocycles. The fourth-order valence-electron chi connectivity index (χ4n) is 4.43. The summed E-state index contributed by atoms with van der Waals surface area (Å²) in [5.74, 6) is -0.361. The van der Waals surface area contributed by atoms with Gasteiger partial charge in [0, 0.05) is 24.6 Å². The highest BCUT2D eigenvalue weighted by molar-refractivity contribution is 7.92. The summed E-state index contributed by atoms with van der Waals surface area (Å²) in [5, 5.41) is 3.60. The predicted molar refractivity (Wildman–Crippen MR) is 171 cm³/mol. The zero-order valence-electron chi connectivity index (χ0n) is 25.1. The van der Waals surface area contributed by atoms with E-state index in [-0.39, 0.29) is 29.4 Å². The molecule has 12 heteroatoms. The largest absolute Gasteiger partial charge is 0.497 e. The number of ether oxygens (including phenoxy) is 2. The van der Waals surface area contributed by atoms with Crippen LogP contribution in [0.25, 0.3) is 0 Å². The van der Waals surface area contributed by atoms with Crippen molar-refractivity contribution in [1.29, 1.82) is 0 Å². The molecule has 0 fully saturated rings. The molecule has 3 aromatic rings. The summed E-state index contributed by atoms with van der Waals surface area (Å²) in [5.41, 5.74) is 0.976. The van der Waals surface area contributed by atoms with Crippen molar-refractivity contribution in [3.05, 3.63) is 87.9 Å². The highest BCUT2D eigenvalue weighted by atomic mass is 35.5. The maximum absolute atomic E-state index is 14.3. The number of rotatable bonds is 12. The lowest BCUT2D eigenvalue weighted by Gasteiger charge is -2.35. The third-order valence-corrected chi connectivity index (χ3v) is 8.31. The number of hydrogen-bond donors (Lipinski definition) is 1. The predicted octanol–water partition coefficient (Wildman–Crippen LogP) is 5.33. The number of sulfonamides is 1. The number of methoxy groups -OCH3 is 2. The molecule has 1 N–H and O–H groups in total. The van der Waals surface area contributed by atoms with Crippen LogP contribution in [0.15, 0.2) is 66.7 Å². The van der Waals surface area contributed by atoms with E-state index in [0.29, 0.717) is 16.3 Å². The zero-order valence-corrected chi connectivity index (χ0v) is 27.4. The van der Waals surface area contributed by atoms with Crippen LogP contribution in [0.3, 0.4) is 0 Å². The lowest BCUT2D eigenvalue weighted by atomic mass is 10.0. The number of carbonyl (C=O) groups is 2. The molecular weight excluding hydrogens is 613 g/mol. The molecule has 0 aliphatic carbocycles. The second-order valence-corrected chi connectivity index (χ2v) is 13.7. The van der Waals surface area contributed by atoms with Crippen molar-refractivity contribution in [2.24, 2.45) is 0 Å². The van der Waals surface area contributed by atoms with Crippen LogP contribution in [0, 0.1) is 0 Å². The summed E-state index contributed by atoms with van der Waals surface area (Å²) < 4.78 is 37.8. The first-order valence-electron chi connectivity index (χ1n) is 13.4. The Hall–Kier alpha value is -3.47. The van der Waals surface area contributed by atoms with Gasteiger partial charge in [0.1, 0.15) is 24.1 Å².